The summed E-state index contributed by atoms with van der Waals surface area (Å²) in [4.78, 5) is 9.49. The van der Waals surface area contributed by atoms with Crippen molar-refractivity contribution in [1.82, 2.24) is 0 Å². The van der Waals surface area contributed by atoms with Gasteiger partial charge >= 0.3 is 59.5 Å². The number of hydrogen-bond donors (Lipinski definition) is 0. The van der Waals surface area contributed by atoms with E-state index in [2.05, 4.69) is 36.9 Å². The summed E-state index contributed by atoms with van der Waals surface area (Å²) in [6.45, 7) is 4.48. The summed E-state index contributed by atoms with van der Waals surface area (Å²) in [6, 6.07) is 10.6. The van der Waals surface area contributed by atoms with Gasteiger partial charge in [-0.2, -0.15) is 0 Å². The first-order valence-electron chi connectivity index (χ1n) is 3.78. The molecule has 0 aliphatic carbocycles. The van der Waals surface area contributed by atoms with Gasteiger partial charge in [0.25, 0.3) is 0 Å². The van der Waals surface area contributed by atoms with Gasteiger partial charge in [-0.15, -0.1) is 0 Å². The Morgan fingerprint density at radius 2 is 1.77 bits per heavy atom. The van der Waals surface area contributed by atoms with Crippen LogP contribution in [0.3, 0.4) is 0 Å². The van der Waals surface area contributed by atoms with Crippen molar-refractivity contribution >= 4 is 9.04 Å². The third-order valence-corrected chi connectivity index (χ3v) is 3.02. The molecule has 0 aliphatic rings. The van der Waals surface area contributed by atoms with Crippen LogP contribution < -0.4 is 8.18 Å². The van der Waals surface area contributed by atoms with E-state index in [1.54, 1.807) is 0 Å². The molecule has 3 heteroatoms. The Balaban J connectivity index is 0.000000226. The Morgan fingerprint density at radius 1 is 1.38 bits per heavy atom. The van der Waals surface area contributed by atoms with E-state index in [-0.39, 0.29) is 5.57 Å². The van der Waals surface area contributed by atoms with E-state index < -0.39 is 5.97 Å². The Bertz CT molecular complexity index is 268. The van der Waals surface area contributed by atoms with Crippen molar-refractivity contribution in [1.29, 1.82) is 0 Å². The van der Waals surface area contributed by atoms with Crippen LogP contribution >= 0.6 is 0 Å². The summed E-state index contributed by atoms with van der Waals surface area (Å²) in [7, 11) is 0. The Labute approximate surface area is 94.3 Å². The van der Waals surface area contributed by atoms with Crippen LogP contribution in [-0.2, 0) is 30.9 Å². The molecule has 0 bridgehead atoms. The van der Waals surface area contributed by atoms with Crippen molar-refractivity contribution in [2.45, 2.75) is 6.92 Å². The molecule has 1 aromatic carbocycles. The van der Waals surface area contributed by atoms with Crippen molar-refractivity contribution in [2.75, 3.05) is 0 Å². The SMILES string of the molecule is C=C(C)C(=O)[O-].[Hg+][c]1ccccc1. The molecule has 0 radical (unpaired) electrons. The molecule has 0 atom stereocenters. The van der Waals surface area contributed by atoms with E-state index in [0.717, 1.165) is 26.1 Å². The molecule has 0 aliphatic heterocycles. The molecule has 13 heavy (non-hydrogen) atoms. The molecule has 2 nitrogen and oxygen atoms in total. The summed E-state index contributed by atoms with van der Waals surface area (Å²) in [5, 5.41) is 9.49. The normalized spacial score (nSPS) is 8.23. The fourth-order valence-electron chi connectivity index (χ4n) is 0.478. The molecule has 0 spiro atoms. The van der Waals surface area contributed by atoms with Crippen LogP contribution in [0.1, 0.15) is 6.92 Å². The van der Waals surface area contributed by atoms with Gasteiger partial charge in [0.05, 0.1) is 5.97 Å². The Kier molecular flexibility index (Phi) is 6.50. The van der Waals surface area contributed by atoms with Crippen molar-refractivity contribution in [3.05, 3.63) is 42.5 Å². The molecule has 0 amide bonds. The molecule has 0 N–H and O–H groups in total. The second-order valence-electron chi connectivity index (χ2n) is 2.55. The predicted octanol–water partition coefficient (Wildman–Crippen LogP) is 0.171. The van der Waals surface area contributed by atoms with Gasteiger partial charge in [0.1, 0.15) is 0 Å². The summed E-state index contributed by atoms with van der Waals surface area (Å²) in [6.07, 6.45) is 0. The van der Waals surface area contributed by atoms with E-state index in [1.165, 1.54) is 10.00 Å². The topological polar surface area (TPSA) is 40.1 Å². The van der Waals surface area contributed by atoms with Crippen molar-refractivity contribution in [3.8, 4) is 0 Å². The van der Waals surface area contributed by atoms with Crippen LogP contribution in [0.15, 0.2) is 42.5 Å². The van der Waals surface area contributed by atoms with Gasteiger partial charge in [0.15, 0.2) is 0 Å². The molecule has 64 valence electrons. The van der Waals surface area contributed by atoms with E-state index in [4.69, 9.17) is 0 Å². The van der Waals surface area contributed by atoms with Gasteiger partial charge in [0.2, 0.25) is 0 Å². The van der Waals surface area contributed by atoms with Gasteiger partial charge < -0.3 is 9.90 Å². The van der Waals surface area contributed by atoms with E-state index in [0.29, 0.717) is 0 Å². The van der Waals surface area contributed by atoms with Gasteiger partial charge in [-0.05, 0) is 12.5 Å². The quantitative estimate of drug-likeness (QED) is 0.528. The zero-order chi connectivity index (χ0) is 10.3. The standard InChI is InChI=1S/C6H5.C4H6O2.Hg/c1-2-4-6-5-3-1;1-3(2)4(5)6;/h1-5H;1H2,2H3,(H,5,6);/q;;+1/p-1. The molecule has 1 aromatic rings. The number of carbonyl (C=O) groups is 1. The van der Waals surface area contributed by atoms with E-state index >= 15 is 0 Å². The average Bonchev–Trinajstić information content (AvgIpc) is 2.06. The monoisotopic (exact) mass is 364 g/mol. The first-order valence-corrected chi connectivity index (χ1v) is 6.52. The van der Waals surface area contributed by atoms with Crippen molar-refractivity contribution < 1.29 is 36.0 Å². The molecule has 1 rings (SSSR count). The van der Waals surface area contributed by atoms with Crippen LogP contribution in [0.4, 0.5) is 0 Å². The van der Waals surface area contributed by atoms with Crippen LogP contribution in [0.2, 0.25) is 0 Å². The fourth-order valence-corrected chi connectivity index (χ4v) is 1.54. The summed E-state index contributed by atoms with van der Waals surface area (Å²) >= 11 is 0.810. The van der Waals surface area contributed by atoms with Crippen LogP contribution in [-0.4, -0.2) is 5.97 Å². The third-order valence-electron chi connectivity index (χ3n) is 1.19. The number of rotatable bonds is 1. The Morgan fingerprint density at radius 3 is 1.92 bits per heavy atom. The second kappa shape index (κ2) is 6.84. The molecule has 0 unspecified atom stereocenters. The number of carboxylic acids is 1. The number of benzene rings is 1. The van der Waals surface area contributed by atoms with Crippen molar-refractivity contribution in [2.24, 2.45) is 0 Å². The minimum atomic E-state index is -1.19. The van der Waals surface area contributed by atoms with Crippen LogP contribution in [0.5, 0.6) is 0 Å². The molecular formula is C10H10HgO2. The zero-order valence-electron chi connectivity index (χ0n) is 7.62. The zero-order valence-corrected chi connectivity index (χ0v) is 13.1. The van der Waals surface area contributed by atoms with Crippen LogP contribution in [0.25, 0.3) is 0 Å². The summed E-state index contributed by atoms with van der Waals surface area (Å²) < 4.78 is 1.52. The van der Waals surface area contributed by atoms with Crippen molar-refractivity contribution in [3.63, 3.8) is 0 Å². The number of hydrogen-bond acceptors (Lipinski definition) is 2. The van der Waals surface area contributed by atoms with Crippen LogP contribution in [0, 0.1) is 0 Å². The Hall–Kier alpha value is -0.635. The predicted molar refractivity (Wildman–Crippen MR) is 45.9 cm³/mol. The molecule has 0 saturated heterocycles. The molecule has 0 saturated carbocycles. The number of aliphatic carboxylic acids is 1. The molecule has 0 aromatic heterocycles. The molecule has 0 fully saturated rings. The first-order chi connectivity index (χ1) is 6.04. The molecular weight excluding hydrogens is 353 g/mol. The average molecular weight is 363 g/mol. The van der Waals surface area contributed by atoms with Gasteiger partial charge in [0, 0.05) is 0 Å². The second-order valence-corrected chi connectivity index (χ2v) is 5.73. The minimum absolute atomic E-state index is 0.0648. The van der Waals surface area contributed by atoms with E-state index in [1.807, 2.05) is 0 Å². The van der Waals surface area contributed by atoms with E-state index in [9.17, 15) is 9.90 Å². The maximum absolute atomic E-state index is 9.49. The summed E-state index contributed by atoms with van der Waals surface area (Å²) in [5.41, 5.74) is 0.0648. The van der Waals surface area contributed by atoms with Gasteiger partial charge in [-0.3, -0.25) is 0 Å². The maximum atomic E-state index is 9.49. The first kappa shape index (κ1) is 12.4. The summed E-state index contributed by atoms with van der Waals surface area (Å²) in [5.74, 6) is -1.19. The number of carboxylic acid groups (broad SMARTS) is 1. The molecule has 0 heterocycles. The number of carbonyl (C=O) groups excluding carboxylic acids is 1. The fraction of sp³-hybridized carbons (Fsp3) is 0.100. The van der Waals surface area contributed by atoms with Gasteiger partial charge in [-0.25, -0.2) is 0 Å². The van der Waals surface area contributed by atoms with Gasteiger partial charge in [-0.1, -0.05) is 6.58 Å². The third kappa shape index (κ3) is 7.72.